The summed E-state index contributed by atoms with van der Waals surface area (Å²) >= 11 is 15.6. The summed E-state index contributed by atoms with van der Waals surface area (Å²) in [5.74, 6) is -0.284. The van der Waals surface area contributed by atoms with Gasteiger partial charge in [-0.05, 0) is 70.9 Å². The molecule has 0 aliphatic rings. The number of hydrogen-bond donors (Lipinski definition) is 1. The first-order chi connectivity index (χ1) is 9.51. The highest BCUT2D eigenvalue weighted by molar-refractivity contribution is 9.10. The quantitative estimate of drug-likeness (QED) is 0.753. The zero-order valence-corrected chi connectivity index (χ0v) is 13.9. The Balaban J connectivity index is 2.28. The van der Waals surface area contributed by atoms with Crippen molar-refractivity contribution in [3.05, 3.63) is 67.9 Å². The zero-order chi connectivity index (χ0) is 14.7. The lowest BCUT2D eigenvalue weighted by molar-refractivity contribution is 0.584. The van der Waals surface area contributed by atoms with E-state index in [1.54, 1.807) is 6.07 Å². The van der Waals surface area contributed by atoms with Gasteiger partial charge in [0.05, 0.1) is 5.02 Å². The van der Waals surface area contributed by atoms with Crippen molar-refractivity contribution in [1.82, 2.24) is 5.32 Å². The molecule has 0 aliphatic carbocycles. The molecule has 0 bridgehead atoms. The summed E-state index contributed by atoms with van der Waals surface area (Å²) in [6.45, 7) is 0. The lowest BCUT2D eigenvalue weighted by Gasteiger charge is -2.18. The van der Waals surface area contributed by atoms with Gasteiger partial charge in [0.25, 0.3) is 0 Å². The van der Waals surface area contributed by atoms with E-state index < -0.39 is 0 Å². The lowest BCUT2D eigenvalue weighted by Crippen LogP contribution is -2.19. The average molecular weight is 377 g/mol. The zero-order valence-electron chi connectivity index (χ0n) is 10.8. The highest BCUT2D eigenvalue weighted by Crippen LogP contribution is 2.29. The van der Waals surface area contributed by atoms with Gasteiger partial charge in [-0.25, -0.2) is 4.39 Å². The van der Waals surface area contributed by atoms with Gasteiger partial charge in [0, 0.05) is 15.5 Å². The standard InChI is InChI=1S/C15H13BrCl2FN/c1-20-15(9-2-4-12(16)14(18)7-9)8-10-6-11(19)3-5-13(10)17/h2-7,15,20H,8H2,1H3. The molecule has 1 nitrogen and oxygen atoms in total. The number of hydrogen-bond acceptors (Lipinski definition) is 1. The van der Waals surface area contributed by atoms with Crippen LogP contribution >= 0.6 is 39.1 Å². The Labute approximate surface area is 136 Å². The first-order valence-electron chi connectivity index (χ1n) is 6.07. The Morgan fingerprint density at radius 1 is 1.15 bits per heavy atom. The first-order valence-corrected chi connectivity index (χ1v) is 7.62. The van der Waals surface area contributed by atoms with E-state index in [0.29, 0.717) is 16.5 Å². The fraction of sp³-hybridized carbons (Fsp3) is 0.200. The van der Waals surface area contributed by atoms with Crippen LogP contribution in [-0.4, -0.2) is 7.05 Å². The van der Waals surface area contributed by atoms with E-state index in [-0.39, 0.29) is 11.9 Å². The molecule has 2 rings (SSSR count). The van der Waals surface area contributed by atoms with Gasteiger partial charge >= 0.3 is 0 Å². The number of halogens is 4. The van der Waals surface area contributed by atoms with Crippen molar-refractivity contribution in [3.63, 3.8) is 0 Å². The monoisotopic (exact) mass is 375 g/mol. The number of rotatable bonds is 4. The minimum absolute atomic E-state index is 0.0138. The molecule has 0 aliphatic heterocycles. The number of likely N-dealkylation sites (N-methyl/N-ethyl adjacent to an activating group) is 1. The third-order valence-corrected chi connectivity index (χ3v) is 4.73. The maximum atomic E-state index is 13.3. The van der Waals surface area contributed by atoms with Gasteiger partial charge < -0.3 is 5.32 Å². The molecule has 106 valence electrons. The van der Waals surface area contributed by atoms with Crippen LogP contribution in [0.1, 0.15) is 17.2 Å². The van der Waals surface area contributed by atoms with Crippen molar-refractivity contribution in [1.29, 1.82) is 0 Å². The molecule has 0 heterocycles. The molecular formula is C15H13BrCl2FN. The molecule has 0 amide bonds. The van der Waals surface area contributed by atoms with Gasteiger partial charge in [0.2, 0.25) is 0 Å². The molecule has 0 saturated carbocycles. The lowest BCUT2D eigenvalue weighted by atomic mass is 9.99. The minimum Gasteiger partial charge on any atom is -0.313 e. The summed E-state index contributed by atoms with van der Waals surface area (Å²) in [5, 5.41) is 4.42. The molecular weight excluding hydrogens is 364 g/mol. The van der Waals surface area contributed by atoms with Crippen molar-refractivity contribution in [3.8, 4) is 0 Å². The average Bonchev–Trinajstić information content (AvgIpc) is 2.43. The molecule has 2 aromatic carbocycles. The molecule has 0 aromatic heterocycles. The summed E-state index contributed by atoms with van der Waals surface area (Å²) in [6.07, 6.45) is 0.588. The first kappa shape index (κ1) is 15.8. The maximum absolute atomic E-state index is 13.3. The van der Waals surface area contributed by atoms with E-state index in [1.165, 1.54) is 12.1 Å². The molecule has 0 saturated heterocycles. The van der Waals surface area contributed by atoms with Crippen molar-refractivity contribution < 1.29 is 4.39 Å². The molecule has 2 aromatic rings. The highest BCUT2D eigenvalue weighted by atomic mass is 79.9. The Hall–Kier alpha value is -0.610. The number of nitrogens with one attached hydrogen (secondary N) is 1. The topological polar surface area (TPSA) is 12.0 Å². The molecule has 5 heteroatoms. The molecule has 20 heavy (non-hydrogen) atoms. The Morgan fingerprint density at radius 3 is 2.55 bits per heavy atom. The second-order valence-corrected chi connectivity index (χ2v) is 6.12. The van der Waals surface area contributed by atoms with Crippen LogP contribution in [-0.2, 0) is 6.42 Å². The minimum atomic E-state index is -0.284. The Morgan fingerprint density at radius 2 is 1.90 bits per heavy atom. The highest BCUT2D eigenvalue weighted by Gasteiger charge is 2.14. The van der Waals surface area contributed by atoms with Crippen LogP contribution in [0.3, 0.4) is 0 Å². The van der Waals surface area contributed by atoms with Gasteiger partial charge in [0.15, 0.2) is 0 Å². The normalized spacial score (nSPS) is 12.4. The SMILES string of the molecule is CNC(Cc1cc(F)ccc1Cl)c1ccc(Br)c(Cl)c1. The van der Waals surface area contributed by atoms with Crippen molar-refractivity contribution in [2.45, 2.75) is 12.5 Å². The summed E-state index contributed by atoms with van der Waals surface area (Å²) in [5.41, 5.74) is 1.80. The third kappa shape index (κ3) is 3.73. The molecule has 0 fully saturated rings. The van der Waals surface area contributed by atoms with Crippen LogP contribution in [0.25, 0.3) is 0 Å². The molecule has 0 spiro atoms. The third-order valence-electron chi connectivity index (χ3n) is 3.13. The molecule has 1 atom stereocenters. The van der Waals surface area contributed by atoms with Gasteiger partial charge in [-0.3, -0.25) is 0 Å². The van der Waals surface area contributed by atoms with E-state index in [9.17, 15) is 4.39 Å². The van der Waals surface area contributed by atoms with Crippen LogP contribution in [0.2, 0.25) is 10.0 Å². The molecule has 1 unspecified atom stereocenters. The largest absolute Gasteiger partial charge is 0.313 e. The van der Waals surface area contributed by atoms with Crippen molar-refractivity contribution in [2.75, 3.05) is 7.05 Å². The summed E-state index contributed by atoms with van der Waals surface area (Å²) in [7, 11) is 1.85. The van der Waals surface area contributed by atoms with Crippen LogP contribution in [0.5, 0.6) is 0 Å². The number of benzene rings is 2. The predicted molar refractivity (Wildman–Crippen MR) is 86.1 cm³/mol. The van der Waals surface area contributed by atoms with E-state index in [1.807, 2.05) is 25.2 Å². The molecule has 1 N–H and O–H groups in total. The van der Waals surface area contributed by atoms with E-state index in [2.05, 4.69) is 21.2 Å². The van der Waals surface area contributed by atoms with Crippen LogP contribution in [0, 0.1) is 5.82 Å². The Bertz CT molecular complexity index is 619. The van der Waals surface area contributed by atoms with Crippen molar-refractivity contribution in [2.24, 2.45) is 0 Å². The maximum Gasteiger partial charge on any atom is 0.123 e. The van der Waals surface area contributed by atoms with Gasteiger partial charge in [-0.2, -0.15) is 0 Å². The fourth-order valence-electron chi connectivity index (χ4n) is 2.04. The second kappa shape index (κ2) is 6.90. The summed E-state index contributed by atoms with van der Waals surface area (Å²) in [6, 6.07) is 10.2. The fourth-order valence-corrected chi connectivity index (χ4v) is 2.67. The van der Waals surface area contributed by atoms with Crippen molar-refractivity contribution >= 4 is 39.1 Å². The van der Waals surface area contributed by atoms with E-state index in [4.69, 9.17) is 23.2 Å². The van der Waals surface area contributed by atoms with Gasteiger partial charge in [-0.15, -0.1) is 0 Å². The smallest absolute Gasteiger partial charge is 0.123 e. The summed E-state index contributed by atoms with van der Waals surface area (Å²) in [4.78, 5) is 0. The van der Waals surface area contributed by atoms with E-state index >= 15 is 0 Å². The molecule has 0 radical (unpaired) electrons. The van der Waals surface area contributed by atoms with E-state index in [0.717, 1.165) is 15.6 Å². The van der Waals surface area contributed by atoms with Crippen LogP contribution in [0.4, 0.5) is 4.39 Å². The Kier molecular flexibility index (Phi) is 5.44. The van der Waals surface area contributed by atoms with Gasteiger partial charge in [-0.1, -0.05) is 29.3 Å². The summed E-state index contributed by atoms with van der Waals surface area (Å²) < 4.78 is 14.2. The van der Waals surface area contributed by atoms with Crippen LogP contribution < -0.4 is 5.32 Å². The predicted octanol–water partition coefficient (Wildman–Crippen LogP) is 5.40. The van der Waals surface area contributed by atoms with Gasteiger partial charge in [0.1, 0.15) is 5.82 Å². The second-order valence-electron chi connectivity index (χ2n) is 4.45. The van der Waals surface area contributed by atoms with Crippen LogP contribution in [0.15, 0.2) is 40.9 Å².